The Hall–Kier alpha value is -1.10. The number of halogens is 1. The molecule has 0 saturated carbocycles. The third-order valence-electron chi connectivity index (χ3n) is 4.32. The molecule has 1 amide bonds. The maximum atomic E-state index is 12.2. The Balaban J connectivity index is 0.00000264. The standard InChI is InChI=1S/C18H28N2O2.ClH/c1-13(2)17-15(9-6-10-22-17)12-20-18(21)16(19)11-14-7-4-3-5-8-14;/h3-5,7-8,13,15-17H,6,9-12,19H2,1-2H3,(H,20,21);1H/t15?,16-,17?;/m0./s1. The molecule has 0 bridgehead atoms. The van der Waals surface area contributed by atoms with E-state index in [0.717, 1.165) is 25.0 Å². The van der Waals surface area contributed by atoms with E-state index in [4.69, 9.17) is 10.5 Å². The minimum atomic E-state index is -0.496. The summed E-state index contributed by atoms with van der Waals surface area (Å²) in [6.45, 7) is 5.84. The van der Waals surface area contributed by atoms with E-state index in [1.54, 1.807) is 0 Å². The van der Waals surface area contributed by atoms with Gasteiger partial charge in [-0.1, -0.05) is 44.2 Å². The maximum absolute atomic E-state index is 12.2. The summed E-state index contributed by atoms with van der Waals surface area (Å²) in [7, 11) is 0. The summed E-state index contributed by atoms with van der Waals surface area (Å²) in [4.78, 5) is 12.2. The Labute approximate surface area is 145 Å². The fraction of sp³-hybridized carbons (Fsp3) is 0.611. The number of amides is 1. The van der Waals surface area contributed by atoms with Gasteiger partial charge in [0.2, 0.25) is 5.91 Å². The largest absolute Gasteiger partial charge is 0.378 e. The van der Waals surface area contributed by atoms with Crippen LogP contribution in [0.1, 0.15) is 32.3 Å². The van der Waals surface area contributed by atoms with E-state index in [1.165, 1.54) is 0 Å². The van der Waals surface area contributed by atoms with Crippen molar-refractivity contribution in [2.24, 2.45) is 17.6 Å². The molecule has 23 heavy (non-hydrogen) atoms. The molecule has 5 heteroatoms. The van der Waals surface area contributed by atoms with Crippen LogP contribution < -0.4 is 11.1 Å². The molecule has 1 aromatic carbocycles. The van der Waals surface area contributed by atoms with E-state index in [2.05, 4.69) is 19.2 Å². The van der Waals surface area contributed by atoms with Crippen LogP contribution in [0.4, 0.5) is 0 Å². The average molecular weight is 341 g/mol. The zero-order valence-electron chi connectivity index (χ0n) is 14.0. The quantitative estimate of drug-likeness (QED) is 0.836. The molecule has 1 aromatic rings. The molecule has 4 nitrogen and oxygen atoms in total. The number of rotatable bonds is 6. The van der Waals surface area contributed by atoms with Gasteiger partial charge in [0.05, 0.1) is 12.1 Å². The average Bonchev–Trinajstić information content (AvgIpc) is 2.53. The first-order valence-electron chi connectivity index (χ1n) is 8.26. The van der Waals surface area contributed by atoms with Gasteiger partial charge in [-0.2, -0.15) is 0 Å². The SMILES string of the molecule is CC(C)C1OCCCC1CNC(=O)[C@@H](N)Cc1ccccc1.Cl. The molecular weight excluding hydrogens is 312 g/mol. The lowest BCUT2D eigenvalue weighted by Crippen LogP contribution is -2.47. The number of nitrogens with two attached hydrogens (primary N) is 1. The number of nitrogens with one attached hydrogen (secondary N) is 1. The predicted octanol–water partition coefficient (Wildman–Crippen LogP) is 2.55. The Morgan fingerprint density at radius 1 is 1.35 bits per heavy atom. The number of carbonyl (C=O) groups excluding carboxylic acids is 1. The number of hydrogen-bond acceptors (Lipinski definition) is 3. The normalized spacial score (nSPS) is 22.3. The molecule has 2 unspecified atom stereocenters. The van der Waals surface area contributed by atoms with Gasteiger partial charge in [0.1, 0.15) is 0 Å². The van der Waals surface area contributed by atoms with E-state index >= 15 is 0 Å². The Kier molecular flexibility index (Phi) is 8.59. The first-order valence-corrected chi connectivity index (χ1v) is 8.26. The molecule has 1 saturated heterocycles. The van der Waals surface area contributed by atoms with Crippen LogP contribution >= 0.6 is 12.4 Å². The van der Waals surface area contributed by atoms with Gasteiger partial charge in [-0.05, 0) is 30.7 Å². The van der Waals surface area contributed by atoms with Gasteiger partial charge in [0.15, 0.2) is 0 Å². The molecule has 2 rings (SSSR count). The van der Waals surface area contributed by atoms with Crippen LogP contribution in [0.2, 0.25) is 0 Å². The third kappa shape index (κ3) is 6.13. The summed E-state index contributed by atoms with van der Waals surface area (Å²) in [5, 5.41) is 3.01. The van der Waals surface area contributed by atoms with E-state index in [0.29, 0.717) is 24.8 Å². The zero-order chi connectivity index (χ0) is 15.9. The molecule has 0 aliphatic carbocycles. The Morgan fingerprint density at radius 2 is 2.04 bits per heavy atom. The summed E-state index contributed by atoms with van der Waals surface area (Å²) < 4.78 is 5.86. The highest BCUT2D eigenvalue weighted by Crippen LogP contribution is 2.25. The molecule has 3 atom stereocenters. The molecule has 0 radical (unpaired) electrons. The predicted molar refractivity (Wildman–Crippen MR) is 95.7 cm³/mol. The summed E-state index contributed by atoms with van der Waals surface area (Å²) in [6, 6.07) is 9.39. The van der Waals surface area contributed by atoms with Gasteiger partial charge in [0.25, 0.3) is 0 Å². The van der Waals surface area contributed by atoms with E-state index in [1.807, 2.05) is 30.3 Å². The smallest absolute Gasteiger partial charge is 0.237 e. The van der Waals surface area contributed by atoms with E-state index < -0.39 is 6.04 Å². The summed E-state index contributed by atoms with van der Waals surface area (Å²) >= 11 is 0. The molecule has 0 aromatic heterocycles. The van der Waals surface area contributed by atoms with Crippen LogP contribution in [-0.4, -0.2) is 31.2 Å². The molecule has 130 valence electrons. The van der Waals surface area contributed by atoms with Crippen molar-refractivity contribution in [3.8, 4) is 0 Å². The maximum Gasteiger partial charge on any atom is 0.237 e. The van der Waals surface area contributed by atoms with Gasteiger partial charge in [-0.3, -0.25) is 4.79 Å². The number of benzene rings is 1. The highest BCUT2D eigenvalue weighted by Gasteiger charge is 2.29. The summed E-state index contributed by atoms with van der Waals surface area (Å²) in [5.41, 5.74) is 7.11. The topological polar surface area (TPSA) is 64.3 Å². The van der Waals surface area contributed by atoms with Crippen LogP contribution in [0.15, 0.2) is 30.3 Å². The second-order valence-electron chi connectivity index (χ2n) is 6.52. The van der Waals surface area contributed by atoms with Gasteiger partial charge in [-0.25, -0.2) is 0 Å². The Bertz CT molecular complexity index is 467. The van der Waals surface area contributed by atoms with Crippen molar-refractivity contribution in [1.82, 2.24) is 5.32 Å². The first-order chi connectivity index (χ1) is 10.6. The van der Waals surface area contributed by atoms with E-state index in [9.17, 15) is 4.79 Å². The minimum Gasteiger partial charge on any atom is -0.378 e. The van der Waals surface area contributed by atoms with Crippen molar-refractivity contribution in [1.29, 1.82) is 0 Å². The fourth-order valence-corrected chi connectivity index (χ4v) is 3.14. The lowest BCUT2D eigenvalue weighted by atomic mass is 9.87. The highest BCUT2D eigenvalue weighted by atomic mass is 35.5. The first kappa shape index (κ1) is 19.9. The van der Waals surface area contributed by atoms with Crippen LogP contribution in [0.5, 0.6) is 0 Å². The van der Waals surface area contributed by atoms with Gasteiger partial charge < -0.3 is 15.8 Å². The Morgan fingerprint density at radius 3 is 2.70 bits per heavy atom. The fourth-order valence-electron chi connectivity index (χ4n) is 3.14. The van der Waals surface area contributed by atoms with Crippen LogP contribution in [0.25, 0.3) is 0 Å². The number of ether oxygens (including phenoxy) is 1. The molecule has 1 aliphatic rings. The molecule has 3 N–H and O–H groups in total. The van der Waals surface area contributed by atoms with Gasteiger partial charge in [0, 0.05) is 19.1 Å². The third-order valence-corrected chi connectivity index (χ3v) is 4.32. The minimum absolute atomic E-state index is 0. The lowest BCUT2D eigenvalue weighted by molar-refractivity contribution is -0.123. The van der Waals surface area contributed by atoms with Gasteiger partial charge >= 0.3 is 0 Å². The molecule has 1 aliphatic heterocycles. The van der Waals surface area contributed by atoms with Crippen LogP contribution in [-0.2, 0) is 16.0 Å². The van der Waals surface area contributed by atoms with Crippen molar-refractivity contribution < 1.29 is 9.53 Å². The zero-order valence-corrected chi connectivity index (χ0v) is 14.9. The lowest BCUT2D eigenvalue weighted by Gasteiger charge is -2.34. The molecular formula is C18H29ClN2O2. The molecule has 1 fully saturated rings. The van der Waals surface area contributed by atoms with Crippen molar-refractivity contribution in [2.75, 3.05) is 13.2 Å². The number of hydrogen-bond donors (Lipinski definition) is 2. The highest BCUT2D eigenvalue weighted by molar-refractivity contribution is 5.85. The summed E-state index contributed by atoms with van der Waals surface area (Å²) in [6.07, 6.45) is 2.98. The van der Waals surface area contributed by atoms with Crippen molar-refractivity contribution in [2.45, 2.75) is 45.3 Å². The second-order valence-corrected chi connectivity index (χ2v) is 6.52. The van der Waals surface area contributed by atoms with Crippen molar-refractivity contribution in [3.63, 3.8) is 0 Å². The van der Waals surface area contributed by atoms with Crippen molar-refractivity contribution >= 4 is 18.3 Å². The molecule has 0 spiro atoms. The van der Waals surface area contributed by atoms with Crippen LogP contribution in [0.3, 0.4) is 0 Å². The van der Waals surface area contributed by atoms with Crippen molar-refractivity contribution in [3.05, 3.63) is 35.9 Å². The summed E-state index contributed by atoms with van der Waals surface area (Å²) in [5.74, 6) is 0.791. The van der Waals surface area contributed by atoms with E-state index in [-0.39, 0.29) is 24.4 Å². The number of carbonyl (C=O) groups is 1. The van der Waals surface area contributed by atoms with Crippen LogP contribution in [0, 0.1) is 11.8 Å². The molecule has 1 heterocycles. The second kappa shape index (κ2) is 9.91. The monoisotopic (exact) mass is 340 g/mol. The van der Waals surface area contributed by atoms with Gasteiger partial charge in [-0.15, -0.1) is 12.4 Å².